The molecular weight excluding hydrogens is 442 g/mol. The van der Waals surface area contributed by atoms with E-state index < -0.39 is 0 Å². The lowest BCUT2D eigenvalue weighted by atomic mass is 10.3. The van der Waals surface area contributed by atoms with Crippen molar-refractivity contribution in [1.29, 1.82) is 0 Å². The second-order valence-corrected chi connectivity index (χ2v) is 9.37. The van der Waals surface area contributed by atoms with Gasteiger partial charge in [0.15, 0.2) is 5.17 Å². The van der Waals surface area contributed by atoms with Gasteiger partial charge in [-0.15, -0.1) is 0 Å². The Morgan fingerprint density at radius 1 is 1.03 bits per heavy atom. The topological polar surface area (TPSA) is 54.4 Å². The molecule has 0 bridgehead atoms. The maximum atomic E-state index is 13.4. The molecule has 0 atom stereocenters. The normalized spacial score (nSPS) is 19.1. The molecule has 1 amide bonds. The Morgan fingerprint density at radius 2 is 1.78 bits per heavy atom. The average molecular weight is 470 g/mol. The third-order valence-corrected chi connectivity index (χ3v) is 7.64. The summed E-state index contributed by atoms with van der Waals surface area (Å²) in [6.07, 6.45) is 1.94. The molecule has 168 valence electrons. The lowest BCUT2D eigenvalue weighted by Crippen LogP contribution is -2.30. The van der Waals surface area contributed by atoms with Gasteiger partial charge < -0.3 is 14.4 Å². The van der Waals surface area contributed by atoms with E-state index in [2.05, 4.69) is 11.8 Å². The van der Waals surface area contributed by atoms with Gasteiger partial charge in [0, 0.05) is 24.6 Å². The van der Waals surface area contributed by atoms with Crippen LogP contribution in [0, 0.1) is 0 Å². The molecule has 2 heterocycles. The summed E-state index contributed by atoms with van der Waals surface area (Å²) in [5.41, 5.74) is 1.85. The molecule has 2 aliphatic heterocycles. The van der Waals surface area contributed by atoms with Crippen LogP contribution in [-0.4, -0.2) is 43.3 Å². The fourth-order valence-electron chi connectivity index (χ4n) is 3.48. The summed E-state index contributed by atoms with van der Waals surface area (Å²) in [4.78, 5) is 24.0. The van der Waals surface area contributed by atoms with E-state index in [1.807, 2.05) is 61.3 Å². The highest BCUT2D eigenvalue weighted by Gasteiger charge is 2.39. The van der Waals surface area contributed by atoms with Crippen molar-refractivity contribution in [2.75, 3.05) is 32.2 Å². The molecule has 0 aromatic heterocycles. The van der Waals surface area contributed by atoms with E-state index in [0.29, 0.717) is 18.1 Å². The molecule has 32 heavy (non-hydrogen) atoms. The molecular formula is C24H27N3O3S2. The van der Waals surface area contributed by atoms with Gasteiger partial charge in [0.05, 0.1) is 30.1 Å². The van der Waals surface area contributed by atoms with E-state index in [9.17, 15) is 4.79 Å². The number of unbranched alkanes of at least 4 members (excludes halogenated alkanes) is 1. The zero-order valence-corrected chi connectivity index (χ0v) is 20.4. The Labute approximate surface area is 197 Å². The van der Waals surface area contributed by atoms with Crippen molar-refractivity contribution in [3.8, 4) is 11.5 Å². The van der Waals surface area contributed by atoms with Crippen LogP contribution in [0.3, 0.4) is 0 Å². The molecule has 6 nitrogen and oxygen atoms in total. The molecule has 0 saturated carbocycles. The molecule has 0 radical (unpaired) electrons. The lowest BCUT2D eigenvalue weighted by Gasteiger charge is -2.16. The first-order valence-corrected chi connectivity index (χ1v) is 12.3. The number of benzene rings is 2. The number of hydrogen-bond donors (Lipinski definition) is 0. The van der Waals surface area contributed by atoms with Gasteiger partial charge >= 0.3 is 0 Å². The van der Waals surface area contributed by atoms with Crippen molar-refractivity contribution in [3.05, 3.63) is 52.4 Å². The summed E-state index contributed by atoms with van der Waals surface area (Å²) in [5, 5.41) is 1.65. The number of ether oxygens (including phenoxy) is 2. The van der Waals surface area contributed by atoms with Crippen molar-refractivity contribution in [2.45, 2.75) is 31.6 Å². The molecule has 2 aromatic carbocycles. The number of carbonyl (C=O) groups excluding carboxylic acids is 1. The minimum Gasteiger partial charge on any atom is -0.497 e. The van der Waals surface area contributed by atoms with E-state index in [0.717, 1.165) is 50.8 Å². The molecule has 0 N–H and O–H groups in total. The molecule has 1 saturated heterocycles. The highest BCUT2D eigenvalue weighted by atomic mass is 32.2. The van der Waals surface area contributed by atoms with Gasteiger partial charge in [-0.1, -0.05) is 25.1 Å². The van der Waals surface area contributed by atoms with Gasteiger partial charge in [0.25, 0.3) is 5.91 Å². The molecule has 2 aromatic rings. The molecule has 1 fully saturated rings. The van der Waals surface area contributed by atoms with Gasteiger partial charge in [-0.25, -0.2) is 4.99 Å². The molecule has 8 heteroatoms. The summed E-state index contributed by atoms with van der Waals surface area (Å²) < 4.78 is 10.9. The summed E-state index contributed by atoms with van der Waals surface area (Å²) in [6.45, 7) is 5.37. The fourth-order valence-corrected chi connectivity index (χ4v) is 5.83. The number of rotatable bonds is 7. The monoisotopic (exact) mass is 469 g/mol. The maximum Gasteiger partial charge on any atom is 0.269 e. The highest BCUT2D eigenvalue weighted by molar-refractivity contribution is 8.19. The van der Waals surface area contributed by atoms with E-state index in [1.54, 1.807) is 18.9 Å². The SMILES string of the molecule is CCCCN1C(=O)C(=C2Sc3ccc(OC)cc3N2C)SC1=Nc1ccc(OCC)cc1. The summed E-state index contributed by atoms with van der Waals surface area (Å²) in [6, 6.07) is 13.6. The first-order chi connectivity index (χ1) is 15.5. The van der Waals surface area contributed by atoms with Crippen LogP contribution in [0.5, 0.6) is 11.5 Å². The average Bonchev–Trinajstić information content (AvgIpc) is 3.29. The molecule has 2 aliphatic rings. The van der Waals surface area contributed by atoms with Crippen molar-refractivity contribution in [1.82, 2.24) is 4.90 Å². The van der Waals surface area contributed by atoms with Gasteiger partial charge in [0.2, 0.25) is 0 Å². The van der Waals surface area contributed by atoms with Crippen molar-refractivity contribution in [3.63, 3.8) is 0 Å². The molecule has 0 aliphatic carbocycles. The minimum atomic E-state index is 0.0160. The van der Waals surface area contributed by atoms with Crippen molar-refractivity contribution < 1.29 is 14.3 Å². The molecule has 0 spiro atoms. The van der Waals surface area contributed by atoms with E-state index >= 15 is 0 Å². The van der Waals surface area contributed by atoms with Gasteiger partial charge in [-0.2, -0.15) is 0 Å². The smallest absolute Gasteiger partial charge is 0.269 e. The predicted octanol–water partition coefficient (Wildman–Crippen LogP) is 5.87. The lowest BCUT2D eigenvalue weighted by molar-refractivity contribution is -0.122. The largest absolute Gasteiger partial charge is 0.497 e. The van der Waals surface area contributed by atoms with Crippen LogP contribution in [0.25, 0.3) is 0 Å². The van der Waals surface area contributed by atoms with Crippen LogP contribution < -0.4 is 14.4 Å². The Kier molecular flexibility index (Phi) is 7.01. The minimum absolute atomic E-state index is 0.0160. The molecule has 0 unspecified atom stereocenters. The number of anilines is 1. The number of hydrogen-bond acceptors (Lipinski definition) is 7. The summed E-state index contributed by atoms with van der Waals surface area (Å²) >= 11 is 3.07. The second-order valence-electron chi connectivity index (χ2n) is 7.36. The van der Waals surface area contributed by atoms with Crippen LogP contribution in [0.2, 0.25) is 0 Å². The highest BCUT2D eigenvalue weighted by Crippen LogP contribution is 2.51. The fraction of sp³-hybridized carbons (Fsp3) is 0.333. The van der Waals surface area contributed by atoms with Crippen LogP contribution in [0.15, 0.2) is 62.3 Å². The number of nitrogens with zero attached hydrogens (tertiary/aromatic N) is 3. The Bertz CT molecular complexity index is 1070. The van der Waals surface area contributed by atoms with Gasteiger partial charge in [-0.05, 0) is 61.5 Å². The quantitative estimate of drug-likeness (QED) is 0.473. The first kappa shape index (κ1) is 22.6. The number of fused-ring (bicyclic) bond motifs is 1. The number of carbonyl (C=O) groups is 1. The standard InChI is InChI=1S/C24H27N3O3S2/c1-5-7-14-27-22(28)21(23-26(3)19-15-18(29-4)12-13-20(19)31-23)32-24(27)25-16-8-10-17(11-9-16)30-6-2/h8-13,15H,5-7,14H2,1-4H3. The summed E-state index contributed by atoms with van der Waals surface area (Å²) in [7, 11) is 3.65. The Balaban J connectivity index is 1.67. The zero-order chi connectivity index (χ0) is 22.7. The van der Waals surface area contributed by atoms with Crippen LogP contribution >= 0.6 is 23.5 Å². The van der Waals surface area contributed by atoms with Crippen molar-refractivity contribution in [2.24, 2.45) is 4.99 Å². The maximum absolute atomic E-state index is 13.4. The number of amides is 1. The number of aliphatic imine (C=N–C) groups is 1. The van der Waals surface area contributed by atoms with E-state index in [1.165, 1.54) is 11.8 Å². The first-order valence-electron chi connectivity index (χ1n) is 10.7. The number of thioether (sulfide) groups is 2. The third kappa shape index (κ3) is 4.47. The Morgan fingerprint density at radius 3 is 2.47 bits per heavy atom. The number of methoxy groups -OCH3 is 1. The third-order valence-electron chi connectivity index (χ3n) is 5.20. The number of amidine groups is 1. The Hall–Kier alpha value is -2.58. The van der Waals surface area contributed by atoms with Gasteiger partial charge in [-0.3, -0.25) is 9.69 Å². The molecule has 4 rings (SSSR count). The van der Waals surface area contributed by atoms with Gasteiger partial charge in [0.1, 0.15) is 16.4 Å². The summed E-state index contributed by atoms with van der Waals surface area (Å²) in [5.74, 6) is 1.63. The zero-order valence-electron chi connectivity index (χ0n) is 18.8. The van der Waals surface area contributed by atoms with Crippen LogP contribution in [-0.2, 0) is 4.79 Å². The van der Waals surface area contributed by atoms with E-state index in [4.69, 9.17) is 14.5 Å². The predicted molar refractivity (Wildman–Crippen MR) is 133 cm³/mol. The van der Waals surface area contributed by atoms with Crippen LogP contribution in [0.1, 0.15) is 26.7 Å². The van der Waals surface area contributed by atoms with Crippen molar-refractivity contribution >= 4 is 46.0 Å². The van der Waals surface area contributed by atoms with Crippen LogP contribution in [0.4, 0.5) is 11.4 Å². The second kappa shape index (κ2) is 9.92. The van der Waals surface area contributed by atoms with E-state index in [-0.39, 0.29) is 5.91 Å².